The number of carboxylic acid groups (broad SMARTS) is 1. The van der Waals surface area contributed by atoms with Crippen LogP contribution in [0.25, 0.3) is 11.3 Å². The first-order valence-electron chi connectivity index (χ1n) is 5.63. The Morgan fingerprint density at radius 3 is 3.06 bits per heavy atom. The van der Waals surface area contributed by atoms with Crippen molar-refractivity contribution >= 4 is 17.3 Å². The Morgan fingerprint density at radius 2 is 2.28 bits per heavy atom. The van der Waals surface area contributed by atoms with Crippen LogP contribution >= 0.6 is 11.3 Å². The number of benzene rings is 1. The second-order valence-electron chi connectivity index (χ2n) is 4.25. The number of aromatic carboxylic acids is 1. The van der Waals surface area contributed by atoms with Gasteiger partial charge in [-0.15, -0.1) is 11.3 Å². The standard InChI is InChI=1S/C13H11NO3S/c1-7-6-17-9-5-3-2-4-8(9)10-11(7)18-12(14-10)13(15)16/h2-5,7H,6H2,1H3,(H,15,16). The van der Waals surface area contributed by atoms with Crippen LogP contribution in [0.2, 0.25) is 0 Å². The van der Waals surface area contributed by atoms with Crippen molar-refractivity contribution < 1.29 is 14.6 Å². The van der Waals surface area contributed by atoms with Gasteiger partial charge >= 0.3 is 5.97 Å². The van der Waals surface area contributed by atoms with Crippen molar-refractivity contribution in [3.05, 3.63) is 34.2 Å². The Morgan fingerprint density at radius 1 is 1.50 bits per heavy atom. The van der Waals surface area contributed by atoms with Crippen LogP contribution in [-0.2, 0) is 0 Å². The zero-order valence-corrected chi connectivity index (χ0v) is 10.5. The molecule has 5 heteroatoms. The molecule has 92 valence electrons. The molecule has 1 aromatic carbocycles. The molecule has 1 aliphatic heterocycles. The first-order valence-corrected chi connectivity index (χ1v) is 6.44. The van der Waals surface area contributed by atoms with Gasteiger partial charge in [0.1, 0.15) is 5.75 Å². The molecule has 0 radical (unpaired) electrons. The molecule has 1 N–H and O–H groups in total. The molecule has 0 saturated heterocycles. The molecule has 0 amide bonds. The van der Waals surface area contributed by atoms with Crippen LogP contribution in [0.1, 0.15) is 27.5 Å². The van der Waals surface area contributed by atoms with E-state index in [-0.39, 0.29) is 10.9 Å². The van der Waals surface area contributed by atoms with E-state index in [9.17, 15) is 4.79 Å². The summed E-state index contributed by atoms with van der Waals surface area (Å²) in [6.07, 6.45) is 0. The molecule has 0 bridgehead atoms. The van der Waals surface area contributed by atoms with Gasteiger partial charge in [0, 0.05) is 16.4 Å². The molecule has 1 atom stereocenters. The molecule has 0 spiro atoms. The van der Waals surface area contributed by atoms with Crippen molar-refractivity contribution in [1.29, 1.82) is 0 Å². The van der Waals surface area contributed by atoms with Gasteiger partial charge in [0.2, 0.25) is 5.01 Å². The largest absolute Gasteiger partial charge is 0.492 e. The van der Waals surface area contributed by atoms with E-state index in [1.165, 1.54) is 11.3 Å². The number of aromatic nitrogens is 1. The summed E-state index contributed by atoms with van der Waals surface area (Å²) < 4.78 is 5.72. The summed E-state index contributed by atoms with van der Waals surface area (Å²) in [4.78, 5) is 16.3. The number of hydrogen-bond donors (Lipinski definition) is 1. The lowest BCUT2D eigenvalue weighted by Crippen LogP contribution is -2.03. The maximum absolute atomic E-state index is 11.0. The molecule has 4 nitrogen and oxygen atoms in total. The van der Waals surface area contributed by atoms with Gasteiger partial charge in [-0.1, -0.05) is 19.1 Å². The molecule has 2 aromatic rings. The first-order chi connectivity index (χ1) is 8.66. The van der Waals surface area contributed by atoms with Crippen molar-refractivity contribution in [2.75, 3.05) is 6.61 Å². The SMILES string of the molecule is CC1COc2ccccc2-c2nc(C(=O)O)sc21. The minimum Gasteiger partial charge on any atom is -0.492 e. The van der Waals surface area contributed by atoms with Gasteiger partial charge in [-0.2, -0.15) is 0 Å². The summed E-state index contributed by atoms with van der Waals surface area (Å²) in [7, 11) is 0. The number of rotatable bonds is 1. The molecule has 1 aliphatic rings. The number of nitrogens with zero attached hydrogens (tertiary/aromatic N) is 1. The van der Waals surface area contributed by atoms with Crippen LogP contribution < -0.4 is 4.74 Å². The van der Waals surface area contributed by atoms with Crippen LogP contribution in [0.3, 0.4) is 0 Å². The fraction of sp³-hybridized carbons (Fsp3) is 0.231. The average Bonchev–Trinajstić information content (AvgIpc) is 2.76. The Bertz CT molecular complexity index is 620. The van der Waals surface area contributed by atoms with Gasteiger partial charge < -0.3 is 9.84 Å². The Labute approximate surface area is 108 Å². The third kappa shape index (κ3) is 1.67. The molecule has 1 aromatic heterocycles. The number of carboxylic acids is 1. The normalized spacial score (nSPS) is 17.3. The van der Waals surface area contributed by atoms with Gasteiger partial charge in [0.05, 0.1) is 12.3 Å². The van der Waals surface area contributed by atoms with E-state index < -0.39 is 5.97 Å². The van der Waals surface area contributed by atoms with E-state index in [1.807, 2.05) is 31.2 Å². The fourth-order valence-electron chi connectivity index (χ4n) is 2.03. The zero-order chi connectivity index (χ0) is 12.7. The maximum Gasteiger partial charge on any atom is 0.365 e. The quantitative estimate of drug-likeness (QED) is 0.857. The lowest BCUT2D eigenvalue weighted by atomic mass is 10.1. The van der Waals surface area contributed by atoms with Crippen molar-refractivity contribution in [3.63, 3.8) is 0 Å². The third-order valence-corrected chi connectivity index (χ3v) is 4.19. The smallest absolute Gasteiger partial charge is 0.365 e. The molecular formula is C13H11NO3S. The number of fused-ring (bicyclic) bond motifs is 3. The molecular weight excluding hydrogens is 250 g/mol. The molecule has 0 saturated carbocycles. The second-order valence-corrected chi connectivity index (χ2v) is 5.28. The Balaban J connectivity index is 2.24. The number of carbonyl (C=O) groups is 1. The van der Waals surface area contributed by atoms with Gasteiger partial charge in [-0.25, -0.2) is 9.78 Å². The predicted octanol–water partition coefficient (Wildman–Crippen LogP) is 3.00. The molecule has 2 heterocycles. The summed E-state index contributed by atoms with van der Waals surface area (Å²) in [6, 6.07) is 7.61. The van der Waals surface area contributed by atoms with E-state index in [2.05, 4.69) is 4.98 Å². The fourth-order valence-corrected chi connectivity index (χ4v) is 2.98. The van der Waals surface area contributed by atoms with Crippen LogP contribution in [0.5, 0.6) is 5.75 Å². The molecule has 3 rings (SSSR count). The second kappa shape index (κ2) is 4.10. The third-order valence-electron chi connectivity index (χ3n) is 2.91. The number of ether oxygens (including phenoxy) is 1. The van der Waals surface area contributed by atoms with Crippen LogP contribution in [0, 0.1) is 0 Å². The number of para-hydroxylation sites is 1. The van der Waals surface area contributed by atoms with E-state index in [4.69, 9.17) is 9.84 Å². The topological polar surface area (TPSA) is 59.4 Å². The summed E-state index contributed by atoms with van der Waals surface area (Å²) in [6.45, 7) is 2.57. The number of thiazole rings is 1. The highest BCUT2D eigenvalue weighted by atomic mass is 32.1. The van der Waals surface area contributed by atoms with Crippen LogP contribution in [-0.4, -0.2) is 22.7 Å². The number of hydrogen-bond acceptors (Lipinski definition) is 4. The highest BCUT2D eigenvalue weighted by molar-refractivity contribution is 7.14. The van der Waals surface area contributed by atoms with Crippen LogP contribution in [0.15, 0.2) is 24.3 Å². The molecule has 1 unspecified atom stereocenters. The van der Waals surface area contributed by atoms with Gasteiger partial charge in [-0.05, 0) is 12.1 Å². The predicted molar refractivity (Wildman–Crippen MR) is 68.4 cm³/mol. The molecule has 0 fully saturated rings. The van der Waals surface area contributed by atoms with Gasteiger partial charge in [0.15, 0.2) is 0 Å². The van der Waals surface area contributed by atoms with Gasteiger partial charge in [-0.3, -0.25) is 0 Å². The molecule has 0 aliphatic carbocycles. The van der Waals surface area contributed by atoms with E-state index in [1.54, 1.807) is 0 Å². The lowest BCUT2D eigenvalue weighted by molar-refractivity contribution is 0.0696. The zero-order valence-electron chi connectivity index (χ0n) is 9.71. The summed E-state index contributed by atoms with van der Waals surface area (Å²) >= 11 is 1.24. The first kappa shape index (κ1) is 11.2. The van der Waals surface area contributed by atoms with Crippen molar-refractivity contribution in [3.8, 4) is 17.0 Å². The lowest BCUT2D eigenvalue weighted by Gasteiger charge is -2.07. The van der Waals surface area contributed by atoms with Crippen molar-refractivity contribution in [1.82, 2.24) is 4.98 Å². The monoisotopic (exact) mass is 261 g/mol. The molecule has 18 heavy (non-hydrogen) atoms. The van der Waals surface area contributed by atoms with Crippen LogP contribution in [0.4, 0.5) is 0 Å². The highest BCUT2D eigenvalue weighted by Gasteiger charge is 2.26. The summed E-state index contributed by atoms with van der Waals surface area (Å²) in [5, 5.41) is 9.20. The van der Waals surface area contributed by atoms with Crippen molar-refractivity contribution in [2.24, 2.45) is 0 Å². The van der Waals surface area contributed by atoms with E-state index >= 15 is 0 Å². The highest BCUT2D eigenvalue weighted by Crippen LogP contribution is 2.41. The van der Waals surface area contributed by atoms with E-state index in [0.717, 1.165) is 21.9 Å². The van der Waals surface area contributed by atoms with Gasteiger partial charge in [0.25, 0.3) is 0 Å². The summed E-state index contributed by atoms with van der Waals surface area (Å²) in [5.74, 6) is -0.0537. The summed E-state index contributed by atoms with van der Waals surface area (Å²) in [5.41, 5.74) is 1.62. The Hall–Kier alpha value is -1.88. The minimum absolute atomic E-state index is 0.142. The average molecular weight is 261 g/mol. The maximum atomic E-state index is 11.0. The van der Waals surface area contributed by atoms with Crippen molar-refractivity contribution in [2.45, 2.75) is 12.8 Å². The van der Waals surface area contributed by atoms with E-state index in [0.29, 0.717) is 6.61 Å². The minimum atomic E-state index is -0.973. The Kier molecular flexibility index (Phi) is 2.56.